The molecule has 9 heteroatoms. The average Bonchev–Trinajstić information content (AvgIpc) is 3.29. The maximum absolute atomic E-state index is 12.5. The quantitative estimate of drug-likeness (QED) is 0.355. The minimum absolute atomic E-state index is 0.105. The number of nitriles is 1. The van der Waals surface area contributed by atoms with Gasteiger partial charge in [-0.15, -0.1) is 0 Å². The second kappa shape index (κ2) is 10.0. The van der Waals surface area contributed by atoms with Crippen molar-refractivity contribution < 1.29 is 19.2 Å². The summed E-state index contributed by atoms with van der Waals surface area (Å²) < 4.78 is 5.28. The van der Waals surface area contributed by atoms with Crippen molar-refractivity contribution in [2.75, 3.05) is 23.8 Å². The fraction of sp³-hybridized carbons (Fsp3) is 0.182. The van der Waals surface area contributed by atoms with E-state index in [1.807, 2.05) is 6.07 Å². The lowest BCUT2D eigenvalue weighted by molar-refractivity contribution is -0.384. The van der Waals surface area contributed by atoms with E-state index in [9.17, 15) is 20.0 Å². The van der Waals surface area contributed by atoms with Crippen LogP contribution in [0.3, 0.4) is 0 Å². The Morgan fingerprint density at radius 1 is 1.23 bits per heavy atom. The van der Waals surface area contributed by atoms with Crippen LogP contribution in [-0.4, -0.2) is 29.1 Å². The highest BCUT2D eigenvalue weighted by atomic mass is 16.6. The van der Waals surface area contributed by atoms with Crippen LogP contribution in [0.4, 0.5) is 17.1 Å². The number of amides is 1. The van der Waals surface area contributed by atoms with Gasteiger partial charge in [-0.3, -0.25) is 14.9 Å². The normalized spacial score (nSPS) is 11.4. The Hall–Kier alpha value is -4.16. The van der Waals surface area contributed by atoms with Crippen LogP contribution in [0.1, 0.15) is 21.7 Å². The van der Waals surface area contributed by atoms with Gasteiger partial charge in [0.25, 0.3) is 11.6 Å². The number of benzene rings is 2. The van der Waals surface area contributed by atoms with Crippen molar-refractivity contribution in [3.05, 3.63) is 87.9 Å². The van der Waals surface area contributed by atoms with Crippen molar-refractivity contribution in [2.45, 2.75) is 6.42 Å². The molecule has 1 unspecified atom stereocenters. The highest BCUT2D eigenvalue weighted by Crippen LogP contribution is 2.27. The molecule has 1 amide bonds. The molecule has 0 aliphatic rings. The smallest absolute Gasteiger partial charge is 0.293 e. The van der Waals surface area contributed by atoms with E-state index >= 15 is 0 Å². The van der Waals surface area contributed by atoms with E-state index in [1.54, 1.807) is 36.6 Å². The molecular formula is C22H20N4O5. The predicted molar refractivity (Wildman–Crippen MR) is 114 cm³/mol. The molecule has 0 spiro atoms. The Balaban J connectivity index is 1.72. The van der Waals surface area contributed by atoms with Crippen LogP contribution in [0.15, 0.2) is 65.3 Å². The Labute approximate surface area is 178 Å². The Kier molecular flexibility index (Phi) is 6.98. The molecule has 0 fully saturated rings. The summed E-state index contributed by atoms with van der Waals surface area (Å²) in [5.41, 5.74) is 0.891. The minimum Gasteiger partial charge on any atom is -0.469 e. The summed E-state index contributed by atoms with van der Waals surface area (Å²) in [6, 6.07) is 16.0. The van der Waals surface area contributed by atoms with Crippen LogP contribution in [0, 0.1) is 27.4 Å². The number of rotatable bonds is 9. The van der Waals surface area contributed by atoms with Gasteiger partial charge in [-0.25, -0.2) is 0 Å². The van der Waals surface area contributed by atoms with E-state index in [-0.39, 0.29) is 36.0 Å². The molecule has 3 aromatic rings. The first kappa shape index (κ1) is 21.5. The van der Waals surface area contributed by atoms with Crippen LogP contribution < -0.4 is 10.6 Å². The number of hydrogen-bond acceptors (Lipinski definition) is 7. The molecule has 31 heavy (non-hydrogen) atoms. The van der Waals surface area contributed by atoms with E-state index in [0.29, 0.717) is 23.4 Å². The standard InChI is InChI=1S/C22H20N4O5/c23-12-15-3-1-4-18(9-15)25-22(28)17-6-7-20(21(11-17)26(29)30)24-13-16(14-27)10-19-5-2-8-31-19/h1-9,11,16,24,27H,10,13-14H2,(H,25,28). The number of nitro groups is 1. The molecule has 0 aliphatic heterocycles. The summed E-state index contributed by atoms with van der Waals surface area (Å²) in [6.07, 6.45) is 2.02. The number of nitro benzene ring substituents is 1. The zero-order chi connectivity index (χ0) is 22.2. The highest BCUT2D eigenvalue weighted by molar-refractivity contribution is 6.05. The van der Waals surface area contributed by atoms with E-state index in [1.165, 1.54) is 24.3 Å². The number of aliphatic hydroxyl groups excluding tert-OH is 1. The molecule has 158 valence electrons. The lowest BCUT2D eigenvalue weighted by Crippen LogP contribution is -2.20. The molecule has 0 bridgehead atoms. The molecule has 2 aromatic carbocycles. The highest BCUT2D eigenvalue weighted by Gasteiger charge is 2.19. The van der Waals surface area contributed by atoms with E-state index in [2.05, 4.69) is 10.6 Å². The van der Waals surface area contributed by atoms with Crippen molar-refractivity contribution in [1.82, 2.24) is 0 Å². The second-order valence-corrected chi connectivity index (χ2v) is 6.85. The SMILES string of the molecule is N#Cc1cccc(NC(=O)c2ccc(NCC(CO)Cc3ccco3)c([N+](=O)[O-])c2)c1. The number of hydrogen-bond donors (Lipinski definition) is 3. The van der Waals surface area contributed by atoms with E-state index < -0.39 is 10.8 Å². The first-order valence-corrected chi connectivity index (χ1v) is 9.47. The summed E-state index contributed by atoms with van der Waals surface area (Å²) in [6.45, 7) is 0.161. The maximum atomic E-state index is 12.5. The molecule has 9 nitrogen and oxygen atoms in total. The minimum atomic E-state index is -0.574. The number of nitrogens with zero attached hydrogens (tertiary/aromatic N) is 2. The number of carbonyl (C=O) groups is 1. The number of nitrogens with one attached hydrogen (secondary N) is 2. The van der Waals surface area contributed by atoms with Gasteiger partial charge in [0.2, 0.25) is 0 Å². The van der Waals surface area contributed by atoms with Gasteiger partial charge in [-0.1, -0.05) is 6.07 Å². The summed E-state index contributed by atoms with van der Waals surface area (Å²) in [5, 5.41) is 35.7. The number of carbonyl (C=O) groups excluding carboxylic acids is 1. The largest absolute Gasteiger partial charge is 0.469 e. The molecular weight excluding hydrogens is 400 g/mol. The van der Waals surface area contributed by atoms with Crippen molar-refractivity contribution in [3.63, 3.8) is 0 Å². The van der Waals surface area contributed by atoms with Gasteiger partial charge in [0.05, 0.1) is 22.8 Å². The molecule has 3 N–H and O–H groups in total. The third-order valence-corrected chi connectivity index (χ3v) is 4.62. The summed E-state index contributed by atoms with van der Waals surface area (Å²) in [7, 11) is 0. The third-order valence-electron chi connectivity index (χ3n) is 4.62. The predicted octanol–water partition coefficient (Wildman–Crippen LogP) is 3.57. The van der Waals surface area contributed by atoms with Gasteiger partial charge in [0.1, 0.15) is 11.4 Å². The summed E-state index contributed by atoms with van der Waals surface area (Å²) in [4.78, 5) is 23.5. The molecule has 0 radical (unpaired) electrons. The van der Waals surface area contributed by atoms with E-state index in [0.717, 1.165) is 0 Å². The lowest BCUT2D eigenvalue weighted by atomic mass is 10.0. The first-order valence-electron chi connectivity index (χ1n) is 9.47. The van der Waals surface area contributed by atoms with Crippen molar-refractivity contribution >= 4 is 23.0 Å². The van der Waals surface area contributed by atoms with Crippen molar-refractivity contribution in [2.24, 2.45) is 5.92 Å². The monoisotopic (exact) mass is 420 g/mol. The van der Waals surface area contributed by atoms with Crippen LogP contribution in [0.5, 0.6) is 0 Å². The Morgan fingerprint density at radius 2 is 2.06 bits per heavy atom. The average molecular weight is 420 g/mol. The summed E-state index contributed by atoms with van der Waals surface area (Å²) in [5.74, 6) is -0.0280. The number of furan rings is 1. The topological polar surface area (TPSA) is 141 Å². The van der Waals surface area contributed by atoms with Gasteiger partial charge in [0.15, 0.2) is 0 Å². The van der Waals surface area contributed by atoms with Crippen LogP contribution >= 0.6 is 0 Å². The van der Waals surface area contributed by atoms with Crippen LogP contribution in [-0.2, 0) is 6.42 Å². The van der Waals surface area contributed by atoms with E-state index in [4.69, 9.17) is 9.68 Å². The van der Waals surface area contributed by atoms with Crippen molar-refractivity contribution in [1.29, 1.82) is 5.26 Å². The Bertz CT molecular complexity index is 1110. The molecule has 0 saturated heterocycles. The van der Waals surface area contributed by atoms with Crippen LogP contribution in [0.2, 0.25) is 0 Å². The zero-order valence-corrected chi connectivity index (χ0v) is 16.4. The van der Waals surface area contributed by atoms with Crippen molar-refractivity contribution in [3.8, 4) is 6.07 Å². The van der Waals surface area contributed by atoms with Gasteiger partial charge >= 0.3 is 0 Å². The first-order chi connectivity index (χ1) is 15.0. The molecule has 3 rings (SSSR count). The Morgan fingerprint density at radius 3 is 2.74 bits per heavy atom. The molecule has 1 heterocycles. The fourth-order valence-corrected chi connectivity index (χ4v) is 3.01. The summed E-state index contributed by atoms with van der Waals surface area (Å²) >= 11 is 0. The second-order valence-electron chi connectivity index (χ2n) is 6.85. The van der Waals surface area contributed by atoms with Gasteiger partial charge in [-0.05, 0) is 42.5 Å². The number of aliphatic hydroxyl groups is 1. The molecule has 0 aliphatic carbocycles. The fourth-order valence-electron chi connectivity index (χ4n) is 3.01. The van der Waals surface area contributed by atoms with Crippen LogP contribution in [0.25, 0.3) is 0 Å². The zero-order valence-electron chi connectivity index (χ0n) is 16.4. The van der Waals surface area contributed by atoms with Gasteiger partial charge in [0, 0.05) is 42.8 Å². The lowest BCUT2D eigenvalue weighted by Gasteiger charge is -2.15. The molecule has 0 saturated carbocycles. The molecule has 1 aromatic heterocycles. The van der Waals surface area contributed by atoms with Gasteiger partial charge < -0.3 is 20.2 Å². The number of anilines is 2. The molecule has 1 atom stereocenters. The third kappa shape index (κ3) is 5.68. The maximum Gasteiger partial charge on any atom is 0.293 e. The van der Waals surface area contributed by atoms with Gasteiger partial charge in [-0.2, -0.15) is 5.26 Å².